The van der Waals surface area contributed by atoms with Gasteiger partial charge >= 0.3 is 0 Å². The number of hydrogen-bond donors (Lipinski definition) is 3. The number of rotatable bonds is 4. The maximum Gasteiger partial charge on any atom is 0.270 e. The predicted molar refractivity (Wildman–Crippen MR) is 69.6 cm³/mol. The summed E-state index contributed by atoms with van der Waals surface area (Å²) < 4.78 is 12.7. The molecule has 1 aromatic heterocycles. The van der Waals surface area contributed by atoms with Crippen LogP contribution < -0.4 is 16.6 Å². The number of carbonyl (C=O) groups is 1. The van der Waals surface area contributed by atoms with Gasteiger partial charge in [-0.05, 0) is 29.8 Å². The van der Waals surface area contributed by atoms with Crippen LogP contribution in [0.25, 0.3) is 0 Å². The molecular formula is C13H13FN4O. The summed E-state index contributed by atoms with van der Waals surface area (Å²) in [5.74, 6) is 4.60. The Balaban J connectivity index is 1.95. The summed E-state index contributed by atoms with van der Waals surface area (Å²) in [5.41, 5.74) is 4.15. The minimum atomic E-state index is -0.304. The van der Waals surface area contributed by atoms with E-state index in [0.717, 1.165) is 5.56 Å². The number of halogens is 1. The average Bonchev–Trinajstić information content (AvgIpc) is 2.46. The summed E-state index contributed by atoms with van der Waals surface area (Å²) in [4.78, 5) is 15.7. The maximum absolute atomic E-state index is 12.7. The van der Waals surface area contributed by atoms with E-state index in [9.17, 15) is 9.18 Å². The normalized spacial score (nSPS) is 10.0. The SMILES string of the molecule is NNc1ccc(C(=O)NCc2ccc(F)cc2)nc1. The van der Waals surface area contributed by atoms with Crippen molar-refractivity contribution in [1.29, 1.82) is 0 Å². The number of nitrogens with two attached hydrogens (primary N) is 1. The highest BCUT2D eigenvalue weighted by Crippen LogP contribution is 2.05. The van der Waals surface area contributed by atoms with Crippen LogP contribution in [0, 0.1) is 5.82 Å². The van der Waals surface area contributed by atoms with Crippen molar-refractivity contribution in [3.05, 3.63) is 59.7 Å². The molecule has 2 aromatic rings. The zero-order chi connectivity index (χ0) is 13.7. The molecule has 2 rings (SSSR count). The first-order valence-electron chi connectivity index (χ1n) is 5.64. The molecule has 5 nitrogen and oxygen atoms in total. The van der Waals surface area contributed by atoms with Gasteiger partial charge in [-0.25, -0.2) is 9.37 Å². The lowest BCUT2D eigenvalue weighted by Crippen LogP contribution is -2.23. The molecule has 19 heavy (non-hydrogen) atoms. The predicted octanol–water partition coefficient (Wildman–Crippen LogP) is 1.44. The monoisotopic (exact) mass is 260 g/mol. The van der Waals surface area contributed by atoms with Crippen LogP contribution in [0.15, 0.2) is 42.6 Å². The number of aromatic nitrogens is 1. The summed E-state index contributed by atoms with van der Waals surface area (Å²) >= 11 is 0. The molecule has 0 radical (unpaired) electrons. The van der Waals surface area contributed by atoms with Crippen molar-refractivity contribution in [2.75, 3.05) is 5.43 Å². The van der Waals surface area contributed by atoms with E-state index in [4.69, 9.17) is 5.84 Å². The van der Waals surface area contributed by atoms with Crippen LogP contribution in [0.1, 0.15) is 16.1 Å². The van der Waals surface area contributed by atoms with Crippen LogP contribution in [0.4, 0.5) is 10.1 Å². The fourth-order valence-electron chi connectivity index (χ4n) is 1.49. The molecule has 0 saturated carbocycles. The van der Waals surface area contributed by atoms with Crippen LogP contribution in [0.3, 0.4) is 0 Å². The quantitative estimate of drug-likeness (QED) is 0.574. The molecule has 1 amide bonds. The molecule has 0 saturated heterocycles. The number of benzene rings is 1. The number of pyridine rings is 1. The van der Waals surface area contributed by atoms with Crippen LogP contribution in [0.5, 0.6) is 0 Å². The zero-order valence-electron chi connectivity index (χ0n) is 10.1. The van der Waals surface area contributed by atoms with Crippen LogP contribution in [-0.4, -0.2) is 10.9 Å². The Labute approximate surface area is 109 Å². The van der Waals surface area contributed by atoms with E-state index < -0.39 is 0 Å². The number of nitrogen functional groups attached to an aromatic ring is 1. The molecule has 98 valence electrons. The van der Waals surface area contributed by atoms with E-state index in [1.54, 1.807) is 24.3 Å². The van der Waals surface area contributed by atoms with E-state index in [2.05, 4.69) is 15.7 Å². The lowest BCUT2D eigenvalue weighted by Gasteiger charge is -2.05. The number of anilines is 1. The molecule has 0 unspecified atom stereocenters. The third-order valence-electron chi connectivity index (χ3n) is 2.53. The van der Waals surface area contributed by atoms with Gasteiger partial charge in [-0.1, -0.05) is 12.1 Å². The summed E-state index contributed by atoms with van der Waals surface area (Å²) in [7, 11) is 0. The van der Waals surface area contributed by atoms with Gasteiger partial charge in [-0.3, -0.25) is 10.6 Å². The van der Waals surface area contributed by atoms with E-state index >= 15 is 0 Å². The number of hydrazine groups is 1. The second-order valence-corrected chi connectivity index (χ2v) is 3.89. The Morgan fingerprint density at radius 2 is 1.95 bits per heavy atom. The third-order valence-corrected chi connectivity index (χ3v) is 2.53. The topological polar surface area (TPSA) is 80.0 Å². The number of amides is 1. The lowest BCUT2D eigenvalue weighted by atomic mass is 10.2. The van der Waals surface area contributed by atoms with E-state index in [1.807, 2.05) is 0 Å². The van der Waals surface area contributed by atoms with Crippen molar-refractivity contribution in [2.24, 2.45) is 5.84 Å². The summed E-state index contributed by atoms with van der Waals surface area (Å²) in [6, 6.07) is 9.15. The molecule has 0 bridgehead atoms. The Morgan fingerprint density at radius 3 is 2.53 bits per heavy atom. The van der Waals surface area contributed by atoms with Crippen molar-refractivity contribution in [3.8, 4) is 0 Å². The first kappa shape index (κ1) is 13.0. The van der Waals surface area contributed by atoms with Gasteiger partial charge in [-0.2, -0.15) is 0 Å². The molecule has 6 heteroatoms. The zero-order valence-corrected chi connectivity index (χ0v) is 10.1. The molecular weight excluding hydrogens is 247 g/mol. The van der Waals surface area contributed by atoms with Crippen molar-refractivity contribution in [2.45, 2.75) is 6.54 Å². The first-order chi connectivity index (χ1) is 9.19. The second kappa shape index (κ2) is 5.92. The first-order valence-corrected chi connectivity index (χ1v) is 5.64. The van der Waals surface area contributed by atoms with Crippen molar-refractivity contribution in [3.63, 3.8) is 0 Å². The highest BCUT2D eigenvalue weighted by atomic mass is 19.1. The fourth-order valence-corrected chi connectivity index (χ4v) is 1.49. The van der Waals surface area contributed by atoms with Crippen LogP contribution >= 0.6 is 0 Å². The van der Waals surface area contributed by atoms with E-state index in [-0.39, 0.29) is 11.7 Å². The van der Waals surface area contributed by atoms with Gasteiger partial charge in [0.25, 0.3) is 5.91 Å². The van der Waals surface area contributed by atoms with Crippen LogP contribution in [-0.2, 0) is 6.54 Å². The van der Waals surface area contributed by atoms with E-state index in [0.29, 0.717) is 17.9 Å². The number of carbonyl (C=O) groups excluding carboxylic acids is 1. The average molecular weight is 260 g/mol. The molecule has 0 spiro atoms. The van der Waals surface area contributed by atoms with Gasteiger partial charge in [0.1, 0.15) is 11.5 Å². The molecule has 0 fully saturated rings. The Bertz CT molecular complexity index is 554. The van der Waals surface area contributed by atoms with Gasteiger partial charge in [0.05, 0.1) is 11.9 Å². The largest absolute Gasteiger partial charge is 0.347 e. The minimum absolute atomic E-state index is 0.293. The Kier molecular flexibility index (Phi) is 4.04. The third kappa shape index (κ3) is 3.49. The lowest BCUT2D eigenvalue weighted by molar-refractivity contribution is 0.0946. The van der Waals surface area contributed by atoms with Crippen LogP contribution in [0.2, 0.25) is 0 Å². The number of hydrogen-bond acceptors (Lipinski definition) is 4. The minimum Gasteiger partial charge on any atom is -0.347 e. The maximum atomic E-state index is 12.7. The Hall–Kier alpha value is -2.47. The Morgan fingerprint density at radius 1 is 1.21 bits per heavy atom. The highest BCUT2D eigenvalue weighted by molar-refractivity contribution is 5.92. The molecule has 4 N–H and O–H groups in total. The van der Waals surface area contributed by atoms with Gasteiger partial charge in [0.2, 0.25) is 0 Å². The second-order valence-electron chi connectivity index (χ2n) is 3.89. The van der Waals surface area contributed by atoms with Gasteiger partial charge in [0.15, 0.2) is 0 Å². The fraction of sp³-hybridized carbons (Fsp3) is 0.0769. The molecule has 1 heterocycles. The molecule has 0 aliphatic rings. The molecule has 1 aromatic carbocycles. The summed E-state index contributed by atoms with van der Waals surface area (Å²) in [6.45, 7) is 0.317. The van der Waals surface area contributed by atoms with Crippen molar-refractivity contribution in [1.82, 2.24) is 10.3 Å². The number of nitrogens with zero attached hydrogens (tertiary/aromatic N) is 1. The highest BCUT2D eigenvalue weighted by Gasteiger charge is 2.06. The molecule has 0 atom stereocenters. The standard InChI is InChI=1S/C13H13FN4O/c14-10-3-1-9(2-4-10)7-17-13(19)12-6-5-11(18-15)8-16-12/h1-6,8,18H,7,15H2,(H,17,19). The van der Waals surface area contributed by atoms with Gasteiger partial charge < -0.3 is 10.7 Å². The van der Waals surface area contributed by atoms with E-state index in [1.165, 1.54) is 18.3 Å². The molecule has 0 aliphatic carbocycles. The van der Waals surface area contributed by atoms with Gasteiger partial charge in [0, 0.05) is 6.54 Å². The molecule has 0 aliphatic heterocycles. The summed E-state index contributed by atoms with van der Waals surface area (Å²) in [6.07, 6.45) is 1.47. The van der Waals surface area contributed by atoms with Crippen molar-refractivity contribution < 1.29 is 9.18 Å². The van der Waals surface area contributed by atoms with Crippen molar-refractivity contribution >= 4 is 11.6 Å². The van der Waals surface area contributed by atoms with Gasteiger partial charge in [-0.15, -0.1) is 0 Å². The number of nitrogens with one attached hydrogen (secondary N) is 2. The smallest absolute Gasteiger partial charge is 0.270 e. The summed E-state index contributed by atoms with van der Waals surface area (Å²) in [5, 5.41) is 2.70.